The molecule has 26 heavy (non-hydrogen) atoms. The number of hydrogen-bond donors (Lipinski definition) is 2. The number of anilines is 1. The predicted molar refractivity (Wildman–Crippen MR) is 101 cm³/mol. The van der Waals surface area contributed by atoms with E-state index in [1.807, 2.05) is 18.2 Å². The molecular weight excluding hydrogens is 352 g/mol. The first-order valence-electron chi connectivity index (χ1n) is 8.75. The lowest BCUT2D eigenvalue weighted by molar-refractivity contribution is 0.409. The lowest BCUT2D eigenvalue weighted by atomic mass is 9.98. The molecule has 1 aliphatic heterocycles. The fourth-order valence-electron chi connectivity index (χ4n) is 3.13. The molecule has 0 aliphatic carbocycles. The van der Waals surface area contributed by atoms with Crippen molar-refractivity contribution in [2.45, 2.75) is 26.2 Å². The van der Waals surface area contributed by atoms with Crippen LogP contribution in [-0.2, 0) is 16.6 Å². The topological polar surface area (TPSA) is 114 Å². The van der Waals surface area contributed by atoms with Crippen molar-refractivity contribution in [2.24, 2.45) is 11.1 Å². The van der Waals surface area contributed by atoms with Gasteiger partial charge < -0.3 is 4.90 Å². The summed E-state index contributed by atoms with van der Waals surface area (Å²) in [6.07, 6.45) is 6.21. The van der Waals surface area contributed by atoms with Gasteiger partial charge in [-0.3, -0.25) is 4.98 Å². The Kier molecular flexibility index (Phi) is 5.80. The smallest absolute Gasteiger partial charge is 0.274 e. The van der Waals surface area contributed by atoms with Crippen molar-refractivity contribution in [1.29, 1.82) is 0 Å². The zero-order valence-corrected chi connectivity index (χ0v) is 15.6. The molecule has 0 spiro atoms. The van der Waals surface area contributed by atoms with Gasteiger partial charge in [-0.25, -0.2) is 19.8 Å². The largest absolute Gasteiger partial charge is 0.356 e. The fraction of sp³-hybridized carbons (Fsp3) is 0.471. The highest BCUT2D eigenvalue weighted by Crippen LogP contribution is 2.25. The maximum absolute atomic E-state index is 11.1. The van der Waals surface area contributed by atoms with Crippen molar-refractivity contribution >= 4 is 16.0 Å². The van der Waals surface area contributed by atoms with Crippen molar-refractivity contribution in [3.05, 3.63) is 36.3 Å². The van der Waals surface area contributed by atoms with Crippen LogP contribution < -0.4 is 14.8 Å². The van der Waals surface area contributed by atoms with Crippen molar-refractivity contribution in [2.75, 3.05) is 24.5 Å². The van der Waals surface area contributed by atoms with Gasteiger partial charge in [-0.15, -0.1) is 0 Å². The molecule has 1 fully saturated rings. The third kappa shape index (κ3) is 4.96. The Balaban J connectivity index is 1.81. The second kappa shape index (κ2) is 8.07. The highest BCUT2D eigenvalue weighted by molar-refractivity contribution is 7.87. The Morgan fingerprint density at radius 2 is 2.08 bits per heavy atom. The number of nitrogens with zero attached hydrogens (tertiary/aromatic N) is 4. The van der Waals surface area contributed by atoms with Gasteiger partial charge in [0, 0.05) is 49.4 Å². The Hall–Kier alpha value is -2.10. The summed E-state index contributed by atoms with van der Waals surface area (Å²) >= 11 is 0. The molecule has 3 rings (SSSR count). The van der Waals surface area contributed by atoms with Crippen molar-refractivity contribution in [1.82, 2.24) is 19.7 Å². The van der Waals surface area contributed by atoms with Crippen molar-refractivity contribution < 1.29 is 8.42 Å². The van der Waals surface area contributed by atoms with E-state index >= 15 is 0 Å². The molecule has 2 aromatic rings. The van der Waals surface area contributed by atoms with E-state index in [9.17, 15) is 8.42 Å². The first kappa shape index (κ1) is 18.7. The number of aryl methyl sites for hydroxylation is 1. The van der Waals surface area contributed by atoms with E-state index in [4.69, 9.17) is 10.1 Å². The molecule has 0 bridgehead atoms. The Bertz CT molecular complexity index is 844. The number of nitrogens with two attached hydrogens (primary N) is 1. The summed E-state index contributed by atoms with van der Waals surface area (Å²) in [6, 6.07) is 5.81. The molecule has 0 saturated carbocycles. The van der Waals surface area contributed by atoms with E-state index in [1.54, 1.807) is 12.4 Å². The summed E-state index contributed by atoms with van der Waals surface area (Å²) in [5.74, 6) is 1.77. The van der Waals surface area contributed by atoms with E-state index in [0.717, 1.165) is 49.4 Å². The third-order valence-corrected chi connectivity index (χ3v) is 5.05. The van der Waals surface area contributed by atoms with Gasteiger partial charge in [0.25, 0.3) is 10.2 Å². The highest BCUT2D eigenvalue weighted by Gasteiger charge is 2.23. The third-order valence-electron chi connectivity index (χ3n) is 4.48. The molecule has 0 radical (unpaired) electrons. The van der Waals surface area contributed by atoms with Gasteiger partial charge in [-0.05, 0) is 37.3 Å². The summed E-state index contributed by atoms with van der Waals surface area (Å²) in [5, 5.41) is 5.04. The monoisotopic (exact) mass is 376 g/mol. The Labute approximate surface area is 154 Å². The molecule has 1 saturated heterocycles. The number of nitrogens with one attached hydrogen (secondary N) is 1. The average Bonchev–Trinajstić information content (AvgIpc) is 2.66. The Morgan fingerprint density at radius 1 is 1.31 bits per heavy atom. The molecule has 2 aromatic heterocycles. The van der Waals surface area contributed by atoms with E-state index in [1.165, 1.54) is 0 Å². The number of rotatable bonds is 6. The number of hydrogen-bond acceptors (Lipinski definition) is 6. The van der Waals surface area contributed by atoms with Crippen molar-refractivity contribution in [3.63, 3.8) is 0 Å². The first-order valence-corrected chi connectivity index (χ1v) is 10.3. The van der Waals surface area contributed by atoms with Crippen LogP contribution in [0.1, 0.15) is 25.5 Å². The van der Waals surface area contributed by atoms with E-state index in [2.05, 4.69) is 26.5 Å². The summed E-state index contributed by atoms with van der Waals surface area (Å²) in [5.41, 5.74) is 1.91. The lowest BCUT2D eigenvalue weighted by Gasteiger charge is -2.33. The molecule has 1 atom stereocenters. The zero-order chi connectivity index (χ0) is 18.6. The summed E-state index contributed by atoms with van der Waals surface area (Å²) < 4.78 is 24.7. The second-order valence-electron chi connectivity index (χ2n) is 6.48. The van der Waals surface area contributed by atoms with Gasteiger partial charge in [0.15, 0.2) is 5.82 Å². The minimum atomic E-state index is -3.66. The first-order chi connectivity index (χ1) is 12.4. The lowest BCUT2D eigenvalue weighted by Crippen LogP contribution is -2.42. The van der Waals surface area contributed by atoms with Crippen LogP contribution in [0.2, 0.25) is 0 Å². The average molecular weight is 376 g/mol. The fourth-order valence-corrected chi connectivity index (χ4v) is 3.60. The highest BCUT2D eigenvalue weighted by atomic mass is 32.2. The van der Waals surface area contributed by atoms with Gasteiger partial charge in [0.05, 0.1) is 0 Å². The van der Waals surface area contributed by atoms with Gasteiger partial charge in [0.2, 0.25) is 0 Å². The molecule has 3 N–H and O–H groups in total. The summed E-state index contributed by atoms with van der Waals surface area (Å²) in [7, 11) is -3.66. The molecule has 0 amide bonds. The van der Waals surface area contributed by atoms with Gasteiger partial charge in [-0.1, -0.05) is 6.92 Å². The zero-order valence-electron chi connectivity index (χ0n) is 14.8. The van der Waals surface area contributed by atoms with Crippen LogP contribution >= 0.6 is 0 Å². The van der Waals surface area contributed by atoms with E-state index in [0.29, 0.717) is 12.4 Å². The number of piperidine rings is 1. The van der Waals surface area contributed by atoms with Crippen LogP contribution in [0.4, 0.5) is 5.82 Å². The van der Waals surface area contributed by atoms with E-state index < -0.39 is 10.2 Å². The Morgan fingerprint density at radius 3 is 2.77 bits per heavy atom. The van der Waals surface area contributed by atoms with Crippen LogP contribution in [0.15, 0.2) is 30.6 Å². The minimum Gasteiger partial charge on any atom is -0.356 e. The van der Waals surface area contributed by atoms with Crippen LogP contribution in [0.3, 0.4) is 0 Å². The normalized spacial score (nSPS) is 18.1. The number of aromatic nitrogens is 3. The molecule has 9 heteroatoms. The summed E-state index contributed by atoms with van der Waals surface area (Å²) in [4.78, 5) is 15.6. The maximum atomic E-state index is 11.1. The van der Waals surface area contributed by atoms with Crippen LogP contribution in [0.5, 0.6) is 0 Å². The van der Waals surface area contributed by atoms with E-state index in [-0.39, 0.29) is 5.92 Å². The van der Waals surface area contributed by atoms with Gasteiger partial charge in [0.1, 0.15) is 5.82 Å². The minimum absolute atomic E-state index is 0.200. The SMILES string of the molecule is CCc1cc(N2CCCC(CNS(N)(=O)=O)C2)nc(-c2ccncc2)n1. The molecule has 3 heterocycles. The molecule has 0 aromatic carbocycles. The number of pyridine rings is 1. The molecular formula is C17H24N6O2S. The van der Waals surface area contributed by atoms with Crippen LogP contribution in [-0.4, -0.2) is 43.0 Å². The molecule has 140 valence electrons. The van der Waals surface area contributed by atoms with Crippen molar-refractivity contribution in [3.8, 4) is 11.4 Å². The quantitative estimate of drug-likeness (QED) is 0.781. The second-order valence-corrected chi connectivity index (χ2v) is 7.86. The molecule has 1 aliphatic rings. The van der Waals surface area contributed by atoms with Crippen LogP contribution in [0, 0.1) is 5.92 Å². The van der Waals surface area contributed by atoms with Gasteiger partial charge >= 0.3 is 0 Å². The standard InChI is InChI=1S/C17H24N6O2S/c1-2-15-10-16(22-17(21-15)14-5-7-19-8-6-14)23-9-3-4-13(12-23)11-20-26(18,24)25/h5-8,10,13,20H,2-4,9,11-12H2,1H3,(H2,18,24,25). The summed E-state index contributed by atoms with van der Waals surface area (Å²) in [6.45, 7) is 4.04. The van der Waals surface area contributed by atoms with Gasteiger partial charge in [-0.2, -0.15) is 8.42 Å². The molecule has 1 unspecified atom stereocenters. The predicted octanol–water partition coefficient (Wildman–Crippen LogP) is 1.11. The maximum Gasteiger partial charge on any atom is 0.274 e. The molecule has 8 nitrogen and oxygen atoms in total. The van der Waals surface area contributed by atoms with Crippen LogP contribution in [0.25, 0.3) is 11.4 Å².